The van der Waals surface area contributed by atoms with Gasteiger partial charge in [0.15, 0.2) is 0 Å². The summed E-state index contributed by atoms with van der Waals surface area (Å²) in [6.07, 6.45) is 1.48. The molecule has 1 aliphatic heterocycles. The van der Waals surface area contributed by atoms with E-state index in [1.165, 1.54) is 21.4 Å². The van der Waals surface area contributed by atoms with Crippen LogP contribution >= 0.6 is 0 Å². The summed E-state index contributed by atoms with van der Waals surface area (Å²) in [6.45, 7) is 8.43. The van der Waals surface area contributed by atoms with Crippen molar-refractivity contribution in [2.45, 2.75) is 33.5 Å². The van der Waals surface area contributed by atoms with E-state index in [0.29, 0.717) is 38.4 Å². The van der Waals surface area contributed by atoms with Crippen LogP contribution in [-0.2, 0) is 24.4 Å². The molecule has 0 radical (unpaired) electrons. The molecule has 2 aromatic carbocycles. The van der Waals surface area contributed by atoms with Gasteiger partial charge in [-0.2, -0.15) is 0 Å². The molecular weight excluding hydrogens is 409 g/mol. The number of imidazole rings is 1. The largest absolute Gasteiger partial charge is 0.493 e. The lowest BCUT2D eigenvalue weighted by atomic mass is 10.0. The molecule has 1 aromatic heterocycles. The number of morpholine rings is 1. The highest BCUT2D eigenvalue weighted by atomic mass is 19.1. The molecule has 32 heavy (non-hydrogen) atoms. The maximum absolute atomic E-state index is 14.4. The molecule has 1 N–H and O–H groups in total. The fourth-order valence-corrected chi connectivity index (χ4v) is 4.04. The topological polar surface area (TPSA) is 59.6 Å². The van der Waals surface area contributed by atoms with Crippen LogP contribution in [0.25, 0.3) is 11.1 Å². The highest BCUT2D eigenvalue weighted by Crippen LogP contribution is 2.24. The van der Waals surface area contributed by atoms with Gasteiger partial charge in [-0.15, -0.1) is 0 Å². The van der Waals surface area contributed by atoms with E-state index in [9.17, 15) is 14.3 Å². The number of aromatic nitrogens is 2. The van der Waals surface area contributed by atoms with Crippen LogP contribution in [0.4, 0.5) is 4.39 Å². The summed E-state index contributed by atoms with van der Waals surface area (Å²) in [4.78, 5) is 14.8. The Balaban J connectivity index is 1.49. The third-order valence-electron chi connectivity index (χ3n) is 5.76. The summed E-state index contributed by atoms with van der Waals surface area (Å²) >= 11 is 0. The van der Waals surface area contributed by atoms with Gasteiger partial charge in [0.2, 0.25) is 5.88 Å². The average Bonchev–Trinajstić information content (AvgIpc) is 3.03. The number of hydrogen-bond acceptors (Lipinski definition) is 4. The van der Waals surface area contributed by atoms with E-state index in [2.05, 4.69) is 4.90 Å². The minimum atomic E-state index is -0.216. The smallest absolute Gasteiger partial charge is 0.331 e. The standard InChI is InChI=1S/C25H30FN3O3/c1-18(2)14-29-24(30)17-28(25(29)31)15-19-3-5-20(6-4-19)21-7-8-23(26)22(13-21)16-27-9-11-32-12-10-27/h3-8,13,17-18,30H,9-12,14-16H2,1-2H3. The molecule has 170 valence electrons. The third kappa shape index (κ3) is 5.11. The molecule has 3 aromatic rings. The maximum atomic E-state index is 14.4. The normalized spacial score (nSPS) is 14.9. The number of nitrogens with zero attached hydrogens (tertiary/aromatic N) is 3. The summed E-state index contributed by atoms with van der Waals surface area (Å²) in [5, 5.41) is 10.1. The van der Waals surface area contributed by atoms with Crippen LogP contribution in [0.15, 0.2) is 53.5 Å². The zero-order valence-electron chi connectivity index (χ0n) is 18.6. The second-order valence-corrected chi connectivity index (χ2v) is 8.79. The molecular formula is C25H30FN3O3. The van der Waals surface area contributed by atoms with Crippen molar-refractivity contribution in [2.24, 2.45) is 5.92 Å². The Hall–Kier alpha value is -2.90. The predicted octanol–water partition coefficient (Wildman–Crippen LogP) is 3.70. The van der Waals surface area contributed by atoms with Gasteiger partial charge in [0.1, 0.15) is 5.82 Å². The molecule has 0 atom stereocenters. The number of hydrogen-bond donors (Lipinski definition) is 1. The fraction of sp³-hybridized carbons (Fsp3) is 0.400. The van der Waals surface area contributed by atoms with Crippen LogP contribution in [0.5, 0.6) is 5.88 Å². The summed E-state index contributed by atoms with van der Waals surface area (Å²) in [5.74, 6) is 0.0546. The number of rotatable bonds is 7. The molecule has 4 rings (SSSR count). The molecule has 0 bridgehead atoms. The van der Waals surface area contributed by atoms with Crippen LogP contribution in [0.1, 0.15) is 25.0 Å². The van der Waals surface area contributed by atoms with Crippen LogP contribution < -0.4 is 5.69 Å². The van der Waals surface area contributed by atoms with Gasteiger partial charge in [-0.3, -0.25) is 14.0 Å². The van der Waals surface area contributed by atoms with Crippen molar-refractivity contribution >= 4 is 0 Å². The van der Waals surface area contributed by atoms with Gasteiger partial charge < -0.3 is 9.84 Å². The lowest BCUT2D eigenvalue weighted by molar-refractivity contribution is 0.0337. The van der Waals surface area contributed by atoms with E-state index in [0.717, 1.165) is 29.8 Å². The summed E-state index contributed by atoms with van der Waals surface area (Å²) in [6, 6.07) is 13.1. The maximum Gasteiger partial charge on any atom is 0.331 e. The molecule has 7 heteroatoms. The summed E-state index contributed by atoms with van der Waals surface area (Å²) in [7, 11) is 0. The van der Waals surface area contributed by atoms with E-state index in [1.54, 1.807) is 6.07 Å². The van der Waals surface area contributed by atoms with Gasteiger partial charge in [-0.05, 0) is 34.7 Å². The van der Waals surface area contributed by atoms with Crippen molar-refractivity contribution in [3.05, 3.63) is 76.1 Å². The van der Waals surface area contributed by atoms with Crippen molar-refractivity contribution < 1.29 is 14.2 Å². The summed E-state index contributed by atoms with van der Waals surface area (Å²) in [5.41, 5.74) is 3.37. The molecule has 2 heterocycles. The Morgan fingerprint density at radius 2 is 1.72 bits per heavy atom. The minimum Gasteiger partial charge on any atom is -0.493 e. The van der Waals surface area contributed by atoms with Crippen LogP contribution in [-0.4, -0.2) is 45.4 Å². The van der Waals surface area contributed by atoms with E-state index in [1.807, 2.05) is 44.2 Å². The van der Waals surface area contributed by atoms with Crippen molar-refractivity contribution in [1.29, 1.82) is 0 Å². The SMILES string of the molecule is CC(C)Cn1c(O)cn(Cc2ccc(-c3ccc(F)c(CN4CCOCC4)c3)cc2)c1=O. The van der Waals surface area contributed by atoms with E-state index < -0.39 is 0 Å². The monoisotopic (exact) mass is 439 g/mol. The predicted molar refractivity (Wildman–Crippen MR) is 122 cm³/mol. The molecule has 0 unspecified atom stereocenters. The number of halogens is 1. The molecule has 1 aliphatic rings. The molecule has 1 fully saturated rings. The molecule has 0 spiro atoms. The van der Waals surface area contributed by atoms with Crippen molar-refractivity contribution in [1.82, 2.24) is 14.0 Å². The van der Waals surface area contributed by atoms with Crippen molar-refractivity contribution in [2.75, 3.05) is 26.3 Å². The third-order valence-corrected chi connectivity index (χ3v) is 5.76. The van der Waals surface area contributed by atoms with Gasteiger partial charge in [-0.1, -0.05) is 44.2 Å². The Morgan fingerprint density at radius 3 is 2.41 bits per heavy atom. The van der Waals surface area contributed by atoms with Crippen LogP contribution in [0.2, 0.25) is 0 Å². The molecule has 6 nitrogen and oxygen atoms in total. The van der Waals surface area contributed by atoms with Gasteiger partial charge in [0.05, 0.1) is 26.0 Å². The number of benzene rings is 2. The minimum absolute atomic E-state index is 0.0144. The second kappa shape index (κ2) is 9.71. The summed E-state index contributed by atoms with van der Waals surface area (Å²) < 4.78 is 22.7. The molecule has 1 saturated heterocycles. The quantitative estimate of drug-likeness (QED) is 0.610. The molecule has 0 aliphatic carbocycles. The van der Waals surface area contributed by atoms with E-state index in [-0.39, 0.29) is 23.3 Å². The Labute approximate surface area is 187 Å². The van der Waals surface area contributed by atoms with Gasteiger partial charge in [0, 0.05) is 31.7 Å². The zero-order valence-corrected chi connectivity index (χ0v) is 18.6. The Bertz CT molecular complexity index is 1110. The highest BCUT2D eigenvalue weighted by molar-refractivity contribution is 5.64. The van der Waals surface area contributed by atoms with Gasteiger partial charge in [-0.25, -0.2) is 9.18 Å². The zero-order chi connectivity index (χ0) is 22.7. The highest BCUT2D eigenvalue weighted by Gasteiger charge is 2.15. The first-order valence-corrected chi connectivity index (χ1v) is 11.1. The van der Waals surface area contributed by atoms with Gasteiger partial charge in [0.25, 0.3) is 0 Å². The molecule has 0 amide bonds. The van der Waals surface area contributed by atoms with E-state index in [4.69, 9.17) is 4.74 Å². The Morgan fingerprint density at radius 1 is 1.03 bits per heavy atom. The fourth-order valence-electron chi connectivity index (χ4n) is 4.04. The first-order chi connectivity index (χ1) is 15.4. The second-order valence-electron chi connectivity index (χ2n) is 8.79. The molecule has 0 saturated carbocycles. The number of ether oxygens (including phenoxy) is 1. The van der Waals surface area contributed by atoms with Crippen LogP contribution in [0.3, 0.4) is 0 Å². The first-order valence-electron chi connectivity index (χ1n) is 11.1. The number of aromatic hydroxyl groups is 1. The van der Waals surface area contributed by atoms with Gasteiger partial charge >= 0.3 is 5.69 Å². The van der Waals surface area contributed by atoms with Crippen molar-refractivity contribution in [3.8, 4) is 17.0 Å². The lowest BCUT2D eigenvalue weighted by Gasteiger charge is -2.26. The Kier molecular flexibility index (Phi) is 6.77. The van der Waals surface area contributed by atoms with Crippen molar-refractivity contribution in [3.63, 3.8) is 0 Å². The average molecular weight is 440 g/mol. The van der Waals surface area contributed by atoms with Crippen LogP contribution in [0, 0.1) is 11.7 Å². The first kappa shape index (κ1) is 22.3. The lowest BCUT2D eigenvalue weighted by Crippen LogP contribution is -2.35. The van der Waals surface area contributed by atoms with E-state index >= 15 is 0 Å².